The van der Waals surface area contributed by atoms with Crippen LogP contribution in [0.3, 0.4) is 0 Å². The number of rotatable bonds is 7. The van der Waals surface area contributed by atoms with Crippen molar-refractivity contribution in [2.45, 2.75) is 44.8 Å². The van der Waals surface area contributed by atoms with Gasteiger partial charge in [-0.25, -0.2) is 16.5 Å². The van der Waals surface area contributed by atoms with Crippen LogP contribution in [-0.4, -0.2) is 40.0 Å². The van der Waals surface area contributed by atoms with Crippen LogP contribution >= 0.6 is 0 Å². The maximum absolute atomic E-state index is 10.9. The fraction of sp³-hybridized carbons (Fsp3) is 0.889. The van der Waals surface area contributed by atoms with Crippen molar-refractivity contribution in [2.24, 2.45) is 11.7 Å². The molecule has 0 heterocycles. The lowest BCUT2D eigenvalue weighted by molar-refractivity contribution is 0.0996. The van der Waals surface area contributed by atoms with Crippen LogP contribution in [-0.2, 0) is 0 Å². The third kappa shape index (κ3) is 6.57. The van der Waals surface area contributed by atoms with Gasteiger partial charge in [-0.3, -0.25) is 10.4 Å². The van der Waals surface area contributed by atoms with Crippen molar-refractivity contribution in [1.29, 1.82) is 0 Å². The molecule has 2 unspecified atom stereocenters. The van der Waals surface area contributed by atoms with Crippen LogP contribution in [0.5, 0.6) is 0 Å². The molecule has 0 spiro atoms. The van der Waals surface area contributed by atoms with Gasteiger partial charge in [0.25, 0.3) is 0 Å². The van der Waals surface area contributed by atoms with Crippen molar-refractivity contribution in [1.82, 2.24) is 10.4 Å². The number of aliphatic hydroxyl groups is 2. The van der Waals surface area contributed by atoms with E-state index in [9.17, 15) is 15.0 Å². The van der Waals surface area contributed by atoms with Crippen molar-refractivity contribution in [2.75, 3.05) is 6.54 Å². The monoisotopic (exact) mass is 234 g/mol. The summed E-state index contributed by atoms with van der Waals surface area (Å²) in [6.45, 7) is 2.09. The lowest BCUT2D eigenvalue weighted by atomic mass is 10.1. The molecule has 2 atom stereocenters. The van der Waals surface area contributed by atoms with Gasteiger partial charge in [0.05, 0.1) is 12.2 Å². The highest BCUT2D eigenvalue weighted by Gasteiger charge is 2.12. The van der Waals surface area contributed by atoms with E-state index in [1.165, 1.54) is 0 Å². The van der Waals surface area contributed by atoms with E-state index in [4.69, 9.17) is 11.7 Å². The molecule has 7 nitrogen and oxygen atoms in total. The van der Waals surface area contributed by atoms with Gasteiger partial charge in [-0.05, 0) is 25.7 Å². The van der Waals surface area contributed by atoms with Crippen molar-refractivity contribution in [3.8, 4) is 0 Å². The molecule has 0 aromatic rings. The predicted molar refractivity (Wildman–Crippen MR) is 59.8 cm³/mol. The van der Waals surface area contributed by atoms with E-state index in [1.807, 2.05) is 12.3 Å². The topological polar surface area (TPSA) is 125 Å². The molecule has 2 amide bonds. The first-order chi connectivity index (χ1) is 7.51. The molecule has 96 valence electrons. The molecule has 0 bridgehead atoms. The summed E-state index contributed by atoms with van der Waals surface area (Å²) in [6, 6.07) is -0.596. The molecule has 0 saturated carbocycles. The second kappa shape index (κ2) is 8.28. The molecule has 16 heavy (non-hydrogen) atoms. The second-order valence-electron chi connectivity index (χ2n) is 3.72. The Bertz CT molecular complexity index is 203. The van der Waals surface area contributed by atoms with Crippen molar-refractivity contribution in [3.05, 3.63) is 0 Å². The molecule has 7 N–H and O–H groups in total. The minimum Gasteiger partial charge on any atom is -0.393 e. The largest absolute Gasteiger partial charge is 0.393 e. The normalized spacial score (nSPS) is 14.3. The predicted octanol–water partition coefficient (Wildman–Crippen LogP) is -0.952. The van der Waals surface area contributed by atoms with E-state index >= 15 is 0 Å². The Morgan fingerprint density at radius 2 is 1.88 bits per heavy atom. The number of hydrogen-bond acceptors (Lipinski definition) is 5. The Hall–Kier alpha value is -0.890. The van der Waals surface area contributed by atoms with E-state index < -0.39 is 12.1 Å². The highest BCUT2D eigenvalue weighted by Crippen LogP contribution is 2.07. The maximum atomic E-state index is 10.9. The van der Waals surface area contributed by atoms with E-state index in [-0.39, 0.29) is 12.6 Å². The van der Waals surface area contributed by atoms with Gasteiger partial charge in [-0.1, -0.05) is 6.92 Å². The molecule has 0 aliphatic carbocycles. The van der Waals surface area contributed by atoms with Crippen LogP contribution in [0.15, 0.2) is 0 Å². The van der Waals surface area contributed by atoms with E-state index in [2.05, 4.69) is 0 Å². The van der Waals surface area contributed by atoms with Gasteiger partial charge in [0, 0.05) is 6.54 Å². The van der Waals surface area contributed by atoms with Crippen molar-refractivity contribution < 1.29 is 15.0 Å². The molecule has 0 aromatic heterocycles. The molecule has 0 aliphatic rings. The standard InChI is InChI=1S/C9H22N4O3/c1-2-7(14)3-4-8(15)5-6-13(11)9(16)12-10/h7-8,14-15H,2-6,10-11H2,1H3,(H,12,16). The first-order valence-electron chi connectivity index (χ1n) is 5.40. The first kappa shape index (κ1) is 15.1. The van der Waals surface area contributed by atoms with Gasteiger partial charge in [0.15, 0.2) is 0 Å². The molecule has 0 aromatic carbocycles. The Labute approximate surface area is 95.3 Å². The third-order valence-corrected chi connectivity index (χ3v) is 2.39. The third-order valence-electron chi connectivity index (χ3n) is 2.39. The van der Waals surface area contributed by atoms with E-state index in [0.29, 0.717) is 25.7 Å². The summed E-state index contributed by atoms with van der Waals surface area (Å²) >= 11 is 0. The fourth-order valence-corrected chi connectivity index (χ4v) is 1.21. The summed E-state index contributed by atoms with van der Waals surface area (Å²) in [5, 5.41) is 19.7. The zero-order valence-corrected chi connectivity index (χ0v) is 9.59. The van der Waals surface area contributed by atoms with Gasteiger partial charge < -0.3 is 10.2 Å². The number of urea groups is 1. The Morgan fingerprint density at radius 3 is 2.38 bits per heavy atom. The van der Waals surface area contributed by atoms with E-state index in [1.54, 1.807) is 0 Å². The average Bonchev–Trinajstić information content (AvgIpc) is 2.31. The van der Waals surface area contributed by atoms with Gasteiger partial charge in [-0.15, -0.1) is 0 Å². The number of nitrogens with zero attached hydrogens (tertiary/aromatic N) is 1. The van der Waals surface area contributed by atoms with E-state index in [0.717, 1.165) is 5.01 Å². The van der Waals surface area contributed by atoms with Crippen molar-refractivity contribution >= 4 is 6.03 Å². The Kier molecular flexibility index (Phi) is 7.82. The highest BCUT2D eigenvalue weighted by molar-refractivity contribution is 5.72. The average molecular weight is 234 g/mol. The van der Waals surface area contributed by atoms with Gasteiger partial charge in [0.1, 0.15) is 0 Å². The van der Waals surface area contributed by atoms with Crippen LogP contribution in [0.1, 0.15) is 32.6 Å². The lowest BCUT2D eigenvalue weighted by Gasteiger charge is -2.18. The van der Waals surface area contributed by atoms with Crippen LogP contribution < -0.4 is 17.1 Å². The summed E-state index contributed by atoms with van der Waals surface area (Å²) in [6.07, 6.45) is 1.12. The minimum atomic E-state index is -0.596. The Morgan fingerprint density at radius 1 is 1.31 bits per heavy atom. The minimum absolute atomic E-state index is 0.215. The first-order valence-corrected chi connectivity index (χ1v) is 5.40. The number of nitrogens with one attached hydrogen (secondary N) is 1. The SMILES string of the molecule is CCC(O)CCC(O)CCN(N)C(=O)NN. The summed E-state index contributed by atoms with van der Waals surface area (Å²) in [4.78, 5) is 10.9. The van der Waals surface area contributed by atoms with Crippen LogP contribution in [0.25, 0.3) is 0 Å². The second-order valence-corrected chi connectivity index (χ2v) is 3.72. The van der Waals surface area contributed by atoms with Crippen LogP contribution in [0.4, 0.5) is 4.79 Å². The Balaban J connectivity index is 3.64. The zero-order valence-electron chi connectivity index (χ0n) is 9.59. The molecular formula is C9H22N4O3. The number of carbonyl (C=O) groups is 1. The smallest absolute Gasteiger partial charge is 0.345 e. The molecule has 7 heteroatoms. The summed E-state index contributed by atoms with van der Waals surface area (Å²) < 4.78 is 0. The number of hydrogen-bond donors (Lipinski definition) is 5. The van der Waals surface area contributed by atoms with Gasteiger partial charge in [-0.2, -0.15) is 0 Å². The summed E-state index contributed by atoms with van der Waals surface area (Å²) in [5.74, 6) is 10.2. The molecule has 0 aliphatic heterocycles. The van der Waals surface area contributed by atoms with Crippen molar-refractivity contribution in [3.63, 3.8) is 0 Å². The number of carbonyl (C=O) groups excluding carboxylic acids is 1. The molecule has 0 saturated heterocycles. The van der Waals surface area contributed by atoms with Crippen LogP contribution in [0.2, 0.25) is 0 Å². The molecule has 0 rings (SSSR count). The number of aliphatic hydroxyl groups excluding tert-OH is 2. The number of hydrazine groups is 2. The lowest BCUT2D eigenvalue weighted by Crippen LogP contribution is -2.48. The zero-order chi connectivity index (χ0) is 12.6. The number of nitrogens with two attached hydrogens (primary N) is 2. The molecule has 0 fully saturated rings. The summed E-state index contributed by atoms with van der Waals surface area (Å²) in [5.41, 5.74) is 1.89. The maximum Gasteiger partial charge on any atom is 0.345 e. The summed E-state index contributed by atoms with van der Waals surface area (Å²) in [7, 11) is 0. The number of amides is 2. The molecular weight excluding hydrogens is 212 g/mol. The quantitative estimate of drug-likeness (QED) is 0.220. The highest BCUT2D eigenvalue weighted by atomic mass is 16.3. The van der Waals surface area contributed by atoms with Gasteiger partial charge in [0.2, 0.25) is 0 Å². The van der Waals surface area contributed by atoms with Gasteiger partial charge >= 0.3 is 6.03 Å². The van der Waals surface area contributed by atoms with Crippen LogP contribution in [0, 0.1) is 0 Å². The fourth-order valence-electron chi connectivity index (χ4n) is 1.21. The molecule has 0 radical (unpaired) electrons.